The number of anilines is 1. The predicted octanol–water partition coefficient (Wildman–Crippen LogP) is 3.13. The molecule has 2 nitrogen and oxygen atoms in total. The molecule has 0 aromatic heterocycles. The van der Waals surface area contributed by atoms with Gasteiger partial charge in [0.15, 0.2) is 0 Å². The summed E-state index contributed by atoms with van der Waals surface area (Å²) in [6.07, 6.45) is 1.00. The third kappa shape index (κ3) is 3.86. The Labute approximate surface area is 99.2 Å². The van der Waals surface area contributed by atoms with Crippen LogP contribution in [0.1, 0.15) is 39.7 Å². The summed E-state index contributed by atoms with van der Waals surface area (Å²) in [5.41, 5.74) is 8.29. The number of nitrogens with two attached hydrogens (primary N) is 1. The SMILES string of the molecule is CC(CCN)Nc1ccc(C(C)(C)C)cc1. The van der Waals surface area contributed by atoms with Crippen molar-refractivity contribution in [1.29, 1.82) is 0 Å². The van der Waals surface area contributed by atoms with E-state index in [2.05, 4.69) is 57.3 Å². The lowest BCUT2D eigenvalue weighted by Crippen LogP contribution is -2.19. The van der Waals surface area contributed by atoms with Crippen LogP contribution in [-0.4, -0.2) is 12.6 Å². The quantitative estimate of drug-likeness (QED) is 0.818. The van der Waals surface area contributed by atoms with Gasteiger partial charge in [0.1, 0.15) is 0 Å². The molecule has 0 spiro atoms. The molecule has 1 aromatic rings. The first-order valence-corrected chi connectivity index (χ1v) is 6.00. The Balaban J connectivity index is 2.65. The van der Waals surface area contributed by atoms with Crippen LogP contribution in [-0.2, 0) is 5.41 Å². The van der Waals surface area contributed by atoms with Crippen LogP contribution in [0, 0.1) is 0 Å². The van der Waals surface area contributed by atoms with E-state index in [9.17, 15) is 0 Å². The summed E-state index contributed by atoms with van der Waals surface area (Å²) in [5, 5.41) is 3.44. The van der Waals surface area contributed by atoms with Gasteiger partial charge in [-0.3, -0.25) is 0 Å². The van der Waals surface area contributed by atoms with Gasteiger partial charge in [-0.25, -0.2) is 0 Å². The molecule has 0 saturated heterocycles. The monoisotopic (exact) mass is 220 g/mol. The average molecular weight is 220 g/mol. The number of nitrogens with one attached hydrogen (secondary N) is 1. The van der Waals surface area contributed by atoms with Crippen molar-refractivity contribution in [3.8, 4) is 0 Å². The highest BCUT2D eigenvalue weighted by Crippen LogP contribution is 2.23. The smallest absolute Gasteiger partial charge is 0.0342 e. The molecule has 1 aromatic carbocycles. The van der Waals surface area contributed by atoms with Crippen molar-refractivity contribution in [2.45, 2.75) is 45.6 Å². The van der Waals surface area contributed by atoms with Crippen LogP contribution in [0.15, 0.2) is 24.3 Å². The third-order valence-corrected chi connectivity index (χ3v) is 2.76. The van der Waals surface area contributed by atoms with E-state index >= 15 is 0 Å². The minimum atomic E-state index is 0.224. The van der Waals surface area contributed by atoms with Gasteiger partial charge < -0.3 is 11.1 Å². The topological polar surface area (TPSA) is 38.0 Å². The fraction of sp³-hybridized carbons (Fsp3) is 0.571. The minimum absolute atomic E-state index is 0.224. The molecule has 16 heavy (non-hydrogen) atoms. The first kappa shape index (κ1) is 13.0. The fourth-order valence-corrected chi connectivity index (χ4v) is 1.67. The number of hydrogen-bond acceptors (Lipinski definition) is 2. The first-order valence-electron chi connectivity index (χ1n) is 6.00. The van der Waals surface area contributed by atoms with E-state index in [0.717, 1.165) is 13.0 Å². The van der Waals surface area contributed by atoms with Gasteiger partial charge >= 0.3 is 0 Å². The van der Waals surface area contributed by atoms with Crippen molar-refractivity contribution in [1.82, 2.24) is 0 Å². The number of hydrogen-bond donors (Lipinski definition) is 2. The summed E-state index contributed by atoms with van der Waals surface area (Å²) in [5.74, 6) is 0. The molecule has 0 aliphatic carbocycles. The third-order valence-electron chi connectivity index (χ3n) is 2.76. The van der Waals surface area contributed by atoms with Crippen LogP contribution >= 0.6 is 0 Å². The van der Waals surface area contributed by atoms with E-state index in [1.165, 1.54) is 11.3 Å². The Hall–Kier alpha value is -1.02. The molecule has 2 heteroatoms. The van der Waals surface area contributed by atoms with Gasteiger partial charge in [-0.15, -0.1) is 0 Å². The van der Waals surface area contributed by atoms with Crippen LogP contribution in [0.25, 0.3) is 0 Å². The van der Waals surface area contributed by atoms with E-state index in [-0.39, 0.29) is 5.41 Å². The van der Waals surface area contributed by atoms with Crippen LogP contribution in [0.3, 0.4) is 0 Å². The lowest BCUT2D eigenvalue weighted by Gasteiger charge is -2.20. The number of benzene rings is 1. The van der Waals surface area contributed by atoms with Crippen molar-refractivity contribution < 1.29 is 0 Å². The van der Waals surface area contributed by atoms with Crippen LogP contribution in [0.2, 0.25) is 0 Å². The Kier molecular flexibility index (Phi) is 4.36. The Morgan fingerprint density at radius 3 is 2.19 bits per heavy atom. The van der Waals surface area contributed by atoms with Crippen molar-refractivity contribution in [3.63, 3.8) is 0 Å². The highest BCUT2D eigenvalue weighted by molar-refractivity contribution is 5.46. The highest BCUT2D eigenvalue weighted by Gasteiger charge is 2.12. The Morgan fingerprint density at radius 1 is 1.19 bits per heavy atom. The zero-order valence-electron chi connectivity index (χ0n) is 10.9. The molecule has 0 bridgehead atoms. The van der Waals surface area contributed by atoms with E-state index < -0.39 is 0 Å². The molecular weight excluding hydrogens is 196 g/mol. The van der Waals surface area contributed by atoms with Crippen molar-refractivity contribution in [3.05, 3.63) is 29.8 Å². The summed E-state index contributed by atoms with van der Waals surface area (Å²) >= 11 is 0. The van der Waals surface area contributed by atoms with E-state index in [1.807, 2.05) is 0 Å². The van der Waals surface area contributed by atoms with Gasteiger partial charge in [-0.05, 0) is 43.0 Å². The molecule has 0 saturated carbocycles. The fourth-order valence-electron chi connectivity index (χ4n) is 1.67. The predicted molar refractivity (Wildman–Crippen MR) is 71.9 cm³/mol. The highest BCUT2D eigenvalue weighted by atomic mass is 14.9. The van der Waals surface area contributed by atoms with Gasteiger partial charge in [0.2, 0.25) is 0 Å². The maximum absolute atomic E-state index is 5.52. The van der Waals surface area contributed by atoms with Gasteiger partial charge in [0, 0.05) is 11.7 Å². The summed E-state index contributed by atoms with van der Waals surface area (Å²) in [4.78, 5) is 0. The zero-order valence-corrected chi connectivity index (χ0v) is 10.9. The molecule has 1 atom stereocenters. The molecule has 0 aliphatic rings. The first-order chi connectivity index (χ1) is 7.43. The molecule has 1 rings (SSSR count). The molecule has 0 fully saturated rings. The lowest BCUT2D eigenvalue weighted by atomic mass is 9.87. The maximum atomic E-state index is 5.52. The van der Waals surface area contributed by atoms with Crippen LogP contribution in [0.5, 0.6) is 0 Å². The summed E-state index contributed by atoms with van der Waals surface area (Å²) in [6, 6.07) is 9.11. The standard InChI is InChI=1S/C14H24N2/c1-11(9-10-15)16-13-7-5-12(6-8-13)14(2,3)4/h5-8,11,16H,9-10,15H2,1-4H3. The van der Waals surface area contributed by atoms with Crippen LogP contribution < -0.4 is 11.1 Å². The zero-order chi connectivity index (χ0) is 12.2. The molecule has 0 aliphatic heterocycles. The van der Waals surface area contributed by atoms with Crippen LogP contribution in [0.4, 0.5) is 5.69 Å². The van der Waals surface area contributed by atoms with Crippen molar-refractivity contribution in [2.24, 2.45) is 5.73 Å². The van der Waals surface area contributed by atoms with Gasteiger partial charge in [0.05, 0.1) is 0 Å². The van der Waals surface area contributed by atoms with E-state index in [4.69, 9.17) is 5.73 Å². The van der Waals surface area contributed by atoms with Gasteiger partial charge in [0.25, 0.3) is 0 Å². The largest absolute Gasteiger partial charge is 0.383 e. The van der Waals surface area contributed by atoms with Gasteiger partial charge in [-0.2, -0.15) is 0 Å². The molecule has 90 valence electrons. The number of rotatable bonds is 4. The Morgan fingerprint density at radius 2 is 1.75 bits per heavy atom. The molecule has 0 heterocycles. The second-order valence-corrected chi connectivity index (χ2v) is 5.45. The Bertz CT molecular complexity index is 309. The minimum Gasteiger partial charge on any atom is -0.383 e. The second-order valence-electron chi connectivity index (χ2n) is 5.45. The van der Waals surface area contributed by atoms with Crippen molar-refractivity contribution >= 4 is 5.69 Å². The molecular formula is C14H24N2. The molecule has 3 N–H and O–H groups in total. The average Bonchev–Trinajstić information content (AvgIpc) is 2.17. The summed E-state index contributed by atoms with van der Waals surface area (Å²) in [7, 11) is 0. The van der Waals surface area contributed by atoms with E-state index in [1.54, 1.807) is 0 Å². The normalized spacial score (nSPS) is 13.6. The molecule has 0 amide bonds. The van der Waals surface area contributed by atoms with E-state index in [0.29, 0.717) is 6.04 Å². The summed E-state index contributed by atoms with van der Waals surface area (Å²) < 4.78 is 0. The van der Waals surface area contributed by atoms with Crippen molar-refractivity contribution in [2.75, 3.05) is 11.9 Å². The lowest BCUT2D eigenvalue weighted by molar-refractivity contribution is 0.590. The molecule has 1 unspecified atom stereocenters. The van der Waals surface area contributed by atoms with Gasteiger partial charge in [-0.1, -0.05) is 32.9 Å². The summed E-state index contributed by atoms with van der Waals surface area (Å²) in [6.45, 7) is 9.57. The molecule has 0 radical (unpaired) electrons. The second kappa shape index (κ2) is 5.35. The maximum Gasteiger partial charge on any atom is 0.0342 e.